The lowest BCUT2D eigenvalue weighted by atomic mass is 10.1. The van der Waals surface area contributed by atoms with E-state index in [0.717, 1.165) is 32.5 Å². The minimum absolute atomic E-state index is 0.129. The van der Waals surface area contributed by atoms with E-state index in [-0.39, 0.29) is 12.0 Å². The number of rotatable bonds is 6. The molecule has 192 valence electrons. The van der Waals surface area contributed by atoms with Gasteiger partial charge in [0.2, 0.25) is 0 Å². The number of nitrogens with zero attached hydrogens (tertiary/aromatic N) is 1. The van der Waals surface area contributed by atoms with Gasteiger partial charge in [0.05, 0.1) is 9.90 Å². The second-order valence-electron chi connectivity index (χ2n) is 7.96. The Bertz CT molecular complexity index is 1140. The minimum atomic E-state index is -5.08. The van der Waals surface area contributed by atoms with Crippen LogP contribution in [0, 0.1) is 0 Å². The Kier molecular flexibility index (Phi) is 9.74. The number of carbonyl (C=O) groups is 2. The maximum atomic E-state index is 12.2. The highest BCUT2D eigenvalue weighted by Crippen LogP contribution is 2.30. The van der Waals surface area contributed by atoms with E-state index < -0.39 is 12.1 Å². The minimum Gasteiger partial charge on any atom is -0.489 e. The Balaban J connectivity index is 0.000000454. The van der Waals surface area contributed by atoms with Crippen LogP contribution in [0.5, 0.6) is 5.75 Å². The molecule has 0 atom stereocenters. The first-order valence-corrected chi connectivity index (χ1v) is 12.2. The number of likely N-dealkylation sites (tertiary alicyclic amines) is 1. The molecule has 36 heavy (non-hydrogen) atoms. The van der Waals surface area contributed by atoms with Crippen LogP contribution in [0.2, 0.25) is 5.02 Å². The summed E-state index contributed by atoms with van der Waals surface area (Å²) in [6.45, 7) is 2.99. The van der Waals surface area contributed by atoms with Gasteiger partial charge in [0.25, 0.3) is 5.91 Å². The molecule has 0 bridgehead atoms. The van der Waals surface area contributed by atoms with Gasteiger partial charge in [0.1, 0.15) is 11.9 Å². The predicted octanol–water partition coefficient (Wildman–Crippen LogP) is 6.33. The molecule has 0 unspecified atom stereocenters. The molecule has 0 aliphatic carbocycles. The van der Waals surface area contributed by atoms with E-state index in [1.165, 1.54) is 16.9 Å². The summed E-state index contributed by atoms with van der Waals surface area (Å²) < 4.78 is 37.9. The number of aliphatic carboxylic acids is 1. The molecule has 0 spiro atoms. The zero-order valence-electron chi connectivity index (χ0n) is 19.0. The van der Waals surface area contributed by atoms with E-state index >= 15 is 0 Å². The number of carboxylic acids is 1. The van der Waals surface area contributed by atoms with Gasteiger partial charge < -0.3 is 15.2 Å². The van der Waals surface area contributed by atoms with Gasteiger partial charge >= 0.3 is 12.1 Å². The number of halogens is 4. The topological polar surface area (TPSA) is 78.9 Å². The number of carbonyl (C=O) groups excluding carboxylic acids is 1. The molecule has 2 heterocycles. The third kappa shape index (κ3) is 8.54. The lowest BCUT2D eigenvalue weighted by molar-refractivity contribution is -0.192. The second-order valence-corrected chi connectivity index (χ2v) is 9.31. The van der Waals surface area contributed by atoms with Crippen molar-refractivity contribution in [2.24, 2.45) is 0 Å². The highest BCUT2D eigenvalue weighted by atomic mass is 35.5. The Morgan fingerprint density at radius 1 is 1.08 bits per heavy atom. The zero-order valence-corrected chi connectivity index (χ0v) is 20.6. The summed E-state index contributed by atoms with van der Waals surface area (Å²) in [7, 11) is 0. The smallest absolute Gasteiger partial charge is 0.489 e. The first kappa shape index (κ1) is 27.5. The zero-order chi connectivity index (χ0) is 26.1. The quantitative estimate of drug-likeness (QED) is 0.382. The largest absolute Gasteiger partial charge is 0.490 e. The second kappa shape index (κ2) is 12.8. The molecule has 0 saturated carbocycles. The van der Waals surface area contributed by atoms with Crippen molar-refractivity contribution in [2.45, 2.75) is 31.7 Å². The van der Waals surface area contributed by atoms with Crippen LogP contribution >= 0.6 is 22.9 Å². The summed E-state index contributed by atoms with van der Waals surface area (Å²) in [5, 5.41) is 12.4. The summed E-state index contributed by atoms with van der Waals surface area (Å²) in [5.41, 5.74) is 2.01. The van der Waals surface area contributed by atoms with Crippen LogP contribution in [0.1, 0.15) is 28.1 Å². The lowest BCUT2D eigenvalue weighted by Gasteiger charge is -2.32. The lowest BCUT2D eigenvalue weighted by Crippen LogP contribution is -2.37. The van der Waals surface area contributed by atoms with Crippen molar-refractivity contribution in [1.82, 2.24) is 4.90 Å². The van der Waals surface area contributed by atoms with E-state index in [0.29, 0.717) is 21.3 Å². The number of alkyl halides is 3. The third-order valence-electron chi connectivity index (χ3n) is 5.25. The Morgan fingerprint density at radius 2 is 1.75 bits per heavy atom. The summed E-state index contributed by atoms with van der Waals surface area (Å²) in [5.74, 6) is -2.22. The molecule has 1 saturated heterocycles. The van der Waals surface area contributed by atoms with Crippen molar-refractivity contribution in [1.29, 1.82) is 0 Å². The van der Waals surface area contributed by atoms with Crippen LogP contribution in [0.25, 0.3) is 0 Å². The van der Waals surface area contributed by atoms with E-state index in [4.69, 9.17) is 26.2 Å². The molecule has 2 aromatic carbocycles. The molecule has 0 radical (unpaired) electrons. The summed E-state index contributed by atoms with van der Waals surface area (Å²) >= 11 is 7.82. The number of ether oxygens (including phenoxy) is 1. The van der Waals surface area contributed by atoms with Crippen LogP contribution in [0.15, 0.2) is 66.0 Å². The van der Waals surface area contributed by atoms with Gasteiger partial charge in [-0.15, -0.1) is 11.3 Å². The standard InChI is InChI=1S/C23H23ClN2O2S.C2HF3O2/c24-20-15-18(25-23(27)22-7-4-14-29-22)8-9-21(20)28-19-10-12-26(13-11-19)16-17-5-2-1-3-6-17;3-2(4,5)1(6)7/h1-9,14-15,19H,10-13,16H2,(H,25,27);(H,6,7). The first-order valence-electron chi connectivity index (χ1n) is 11.0. The van der Waals surface area contributed by atoms with Crippen LogP contribution in [0.4, 0.5) is 18.9 Å². The van der Waals surface area contributed by atoms with Gasteiger partial charge in [0.15, 0.2) is 0 Å². The van der Waals surface area contributed by atoms with Gasteiger partial charge in [-0.1, -0.05) is 48.0 Å². The van der Waals surface area contributed by atoms with Crippen molar-refractivity contribution in [3.8, 4) is 5.75 Å². The van der Waals surface area contributed by atoms with E-state index in [1.807, 2.05) is 29.6 Å². The fourth-order valence-electron chi connectivity index (χ4n) is 3.48. The number of thiophene rings is 1. The Morgan fingerprint density at radius 3 is 2.31 bits per heavy atom. The van der Waals surface area contributed by atoms with E-state index in [2.05, 4.69) is 34.5 Å². The highest BCUT2D eigenvalue weighted by molar-refractivity contribution is 7.12. The number of hydrogen-bond donors (Lipinski definition) is 2. The fraction of sp³-hybridized carbons (Fsp3) is 0.280. The van der Waals surface area contributed by atoms with E-state index in [9.17, 15) is 18.0 Å². The maximum absolute atomic E-state index is 12.2. The van der Waals surface area contributed by atoms with Crippen molar-refractivity contribution in [3.05, 3.63) is 81.5 Å². The third-order valence-corrected chi connectivity index (χ3v) is 6.42. The van der Waals surface area contributed by atoms with Gasteiger partial charge in [-0.05, 0) is 48.1 Å². The van der Waals surface area contributed by atoms with Crippen LogP contribution in [-0.4, -0.2) is 47.3 Å². The molecule has 11 heteroatoms. The number of benzene rings is 2. The fourth-order valence-corrected chi connectivity index (χ4v) is 4.33. The van der Waals surface area contributed by atoms with Gasteiger partial charge in [-0.2, -0.15) is 13.2 Å². The average Bonchev–Trinajstić information content (AvgIpc) is 3.38. The monoisotopic (exact) mass is 540 g/mol. The molecular weight excluding hydrogens is 517 g/mol. The summed E-state index contributed by atoms with van der Waals surface area (Å²) in [6, 6.07) is 19.6. The SMILES string of the molecule is O=C(Nc1ccc(OC2CCN(Cc3ccccc3)CC2)c(Cl)c1)c1cccs1.O=C(O)C(F)(F)F. The molecule has 6 nitrogen and oxygen atoms in total. The number of amides is 1. The summed E-state index contributed by atoms with van der Waals surface area (Å²) in [6.07, 6.45) is -2.98. The normalized spacial score (nSPS) is 14.4. The first-order chi connectivity index (χ1) is 17.1. The van der Waals surface area contributed by atoms with Crippen LogP contribution in [0.3, 0.4) is 0 Å². The van der Waals surface area contributed by atoms with Crippen molar-refractivity contribution in [2.75, 3.05) is 18.4 Å². The molecule has 1 aromatic heterocycles. The molecular formula is C25H24ClF3N2O4S. The predicted molar refractivity (Wildman–Crippen MR) is 133 cm³/mol. The van der Waals surface area contributed by atoms with Crippen molar-refractivity contribution < 1.29 is 32.6 Å². The van der Waals surface area contributed by atoms with Gasteiger partial charge in [-0.25, -0.2) is 4.79 Å². The Hall–Kier alpha value is -3.08. The van der Waals surface area contributed by atoms with Crippen LogP contribution < -0.4 is 10.1 Å². The average molecular weight is 541 g/mol. The number of hydrogen-bond acceptors (Lipinski definition) is 5. The molecule has 3 aromatic rings. The number of nitrogens with one attached hydrogen (secondary N) is 1. The highest BCUT2D eigenvalue weighted by Gasteiger charge is 2.38. The summed E-state index contributed by atoms with van der Waals surface area (Å²) in [4.78, 5) is 24.2. The van der Waals surface area contributed by atoms with Gasteiger partial charge in [-0.3, -0.25) is 9.69 Å². The molecule has 2 N–H and O–H groups in total. The molecule has 1 amide bonds. The molecule has 1 aliphatic heterocycles. The van der Waals surface area contributed by atoms with E-state index in [1.54, 1.807) is 12.1 Å². The molecule has 1 aliphatic rings. The molecule has 4 rings (SSSR count). The number of carboxylic acid groups (broad SMARTS) is 1. The van der Waals surface area contributed by atoms with Crippen molar-refractivity contribution in [3.63, 3.8) is 0 Å². The van der Waals surface area contributed by atoms with Crippen LogP contribution in [-0.2, 0) is 11.3 Å². The molecule has 1 fully saturated rings. The Labute approximate surface area is 215 Å². The number of anilines is 1. The maximum Gasteiger partial charge on any atom is 0.490 e. The van der Waals surface area contributed by atoms with Crippen molar-refractivity contribution >= 4 is 40.5 Å². The van der Waals surface area contributed by atoms with Gasteiger partial charge in [0, 0.05) is 25.3 Å². The number of piperidine rings is 1.